The number of hydrogen-bond acceptors (Lipinski definition) is 6. The molecule has 1 N–H and O–H groups in total. The van der Waals surface area contributed by atoms with Crippen molar-refractivity contribution in [2.75, 3.05) is 0 Å². The number of imidazole rings is 1. The van der Waals surface area contributed by atoms with Gasteiger partial charge in [0.05, 0.1) is 0 Å². The molecule has 0 radical (unpaired) electrons. The monoisotopic (exact) mass is 277 g/mol. The normalized spacial score (nSPS) is 10.7. The van der Waals surface area contributed by atoms with Crippen LogP contribution in [0, 0.1) is 10.1 Å². The Bertz CT molecular complexity index is 764. The quantitative estimate of drug-likeness (QED) is 0.587. The molecule has 0 aliphatic rings. The molecule has 0 unspecified atom stereocenters. The summed E-state index contributed by atoms with van der Waals surface area (Å²) in [5.74, 6) is -0.0305. The van der Waals surface area contributed by atoms with Crippen molar-refractivity contribution in [2.24, 2.45) is 0 Å². The van der Waals surface area contributed by atoms with Gasteiger partial charge in [-0.2, -0.15) is 9.38 Å². The van der Waals surface area contributed by atoms with E-state index in [1.54, 1.807) is 23.7 Å². The van der Waals surface area contributed by atoms with Crippen LogP contribution in [0.1, 0.15) is 0 Å². The second-order valence-corrected chi connectivity index (χ2v) is 4.53. The van der Waals surface area contributed by atoms with Gasteiger partial charge >= 0.3 is 11.7 Å². The number of thiazole rings is 1. The van der Waals surface area contributed by atoms with Crippen molar-refractivity contribution >= 4 is 22.1 Å². The van der Waals surface area contributed by atoms with Crippen molar-refractivity contribution < 1.29 is 14.8 Å². The van der Waals surface area contributed by atoms with Gasteiger partial charge in [0.25, 0.3) is 4.96 Å². The molecule has 0 fully saturated rings. The average Bonchev–Trinajstić information content (AvgIpc) is 2.88. The van der Waals surface area contributed by atoms with E-state index in [9.17, 15) is 15.2 Å². The third-order valence-electron chi connectivity index (χ3n) is 2.41. The Balaban J connectivity index is 2.07. The largest absolute Gasteiger partial charge is 0.508 e. The standard InChI is InChI=1S/C11H7N3O4S/c15-7-2-1-3-8(6-7)18-9-10(14(16)17)13-4-5-19-11(13)12-9/h1-6,15H. The molecule has 0 saturated heterocycles. The molecular formula is C11H7N3O4S. The summed E-state index contributed by atoms with van der Waals surface area (Å²) in [5.41, 5.74) is 0. The molecule has 8 heteroatoms. The van der Waals surface area contributed by atoms with Gasteiger partial charge in [0.2, 0.25) is 0 Å². The summed E-state index contributed by atoms with van der Waals surface area (Å²) in [6.07, 6.45) is 1.56. The van der Waals surface area contributed by atoms with Crippen LogP contribution in [0.4, 0.5) is 5.82 Å². The number of hydrogen-bond donors (Lipinski definition) is 1. The minimum Gasteiger partial charge on any atom is -0.508 e. The molecular weight excluding hydrogens is 270 g/mol. The molecule has 3 aromatic rings. The van der Waals surface area contributed by atoms with E-state index < -0.39 is 4.92 Å². The van der Waals surface area contributed by atoms with E-state index >= 15 is 0 Å². The number of rotatable bonds is 3. The zero-order valence-corrected chi connectivity index (χ0v) is 10.2. The van der Waals surface area contributed by atoms with Crippen LogP contribution < -0.4 is 4.74 Å². The Kier molecular flexibility index (Phi) is 2.57. The number of phenols is 1. The number of phenolic OH excluding ortho intramolecular Hbond substituents is 1. The van der Waals surface area contributed by atoms with Crippen molar-refractivity contribution in [3.05, 3.63) is 46.0 Å². The molecule has 7 nitrogen and oxygen atoms in total. The summed E-state index contributed by atoms with van der Waals surface area (Å²) in [6, 6.07) is 6.00. The van der Waals surface area contributed by atoms with E-state index in [0.29, 0.717) is 4.96 Å². The summed E-state index contributed by atoms with van der Waals surface area (Å²) < 4.78 is 6.72. The SMILES string of the molecule is O=[N+]([O-])c1c(Oc2cccc(O)c2)nc2sccn12. The zero-order chi connectivity index (χ0) is 13.4. The molecule has 0 spiro atoms. The lowest BCUT2D eigenvalue weighted by atomic mass is 10.3. The van der Waals surface area contributed by atoms with Crippen LogP contribution in [-0.2, 0) is 0 Å². The van der Waals surface area contributed by atoms with Crippen LogP contribution >= 0.6 is 11.3 Å². The highest BCUT2D eigenvalue weighted by Gasteiger charge is 2.25. The van der Waals surface area contributed by atoms with E-state index in [1.165, 1.54) is 27.9 Å². The van der Waals surface area contributed by atoms with Crippen LogP contribution in [0.15, 0.2) is 35.8 Å². The lowest BCUT2D eigenvalue weighted by Gasteiger charge is -2.02. The van der Waals surface area contributed by atoms with Crippen molar-refractivity contribution in [3.63, 3.8) is 0 Å². The molecule has 2 aromatic heterocycles. The Morgan fingerprint density at radius 1 is 1.47 bits per heavy atom. The van der Waals surface area contributed by atoms with E-state index in [0.717, 1.165) is 0 Å². The third kappa shape index (κ3) is 1.97. The summed E-state index contributed by atoms with van der Waals surface area (Å²) in [6.45, 7) is 0. The smallest absolute Gasteiger partial charge is 0.393 e. The fourth-order valence-electron chi connectivity index (χ4n) is 1.65. The molecule has 0 bridgehead atoms. The molecule has 2 heterocycles. The molecule has 19 heavy (non-hydrogen) atoms. The number of benzene rings is 1. The molecule has 0 saturated carbocycles. The summed E-state index contributed by atoms with van der Waals surface area (Å²) in [7, 11) is 0. The van der Waals surface area contributed by atoms with Gasteiger partial charge in [-0.1, -0.05) is 17.4 Å². The van der Waals surface area contributed by atoms with Crippen LogP contribution in [0.3, 0.4) is 0 Å². The van der Waals surface area contributed by atoms with Gasteiger partial charge in [0, 0.05) is 11.4 Å². The minimum absolute atomic E-state index is 0.0150. The molecule has 0 amide bonds. The highest BCUT2D eigenvalue weighted by Crippen LogP contribution is 2.33. The molecule has 96 valence electrons. The van der Waals surface area contributed by atoms with E-state index in [2.05, 4.69) is 4.98 Å². The first-order valence-electron chi connectivity index (χ1n) is 5.22. The van der Waals surface area contributed by atoms with Crippen molar-refractivity contribution in [1.29, 1.82) is 0 Å². The Labute approximate surface area is 110 Å². The predicted molar refractivity (Wildman–Crippen MR) is 67.9 cm³/mol. The zero-order valence-electron chi connectivity index (χ0n) is 9.39. The maximum atomic E-state index is 11.1. The van der Waals surface area contributed by atoms with Crippen LogP contribution in [0.2, 0.25) is 0 Å². The first kappa shape index (κ1) is 11.5. The second-order valence-electron chi connectivity index (χ2n) is 3.65. The maximum absolute atomic E-state index is 11.1. The van der Waals surface area contributed by atoms with Crippen molar-refractivity contribution in [3.8, 4) is 17.4 Å². The lowest BCUT2D eigenvalue weighted by molar-refractivity contribution is -0.391. The van der Waals surface area contributed by atoms with Gasteiger partial charge in [-0.25, -0.2) is 0 Å². The second kappa shape index (κ2) is 4.25. The lowest BCUT2D eigenvalue weighted by Crippen LogP contribution is -1.95. The van der Waals surface area contributed by atoms with Gasteiger partial charge in [-0.15, -0.1) is 0 Å². The molecule has 1 aromatic carbocycles. The predicted octanol–water partition coefficient (Wildman–Crippen LogP) is 2.80. The Hall–Kier alpha value is -2.61. The molecule has 0 aliphatic carbocycles. The Morgan fingerprint density at radius 3 is 3.05 bits per heavy atom. The Morgan fingerprint density at radius 2 is 2.32 bits per heavy atom. The first-order valence-corrected chi connectivity index (χ1v) is 6.10. The van der Waals surface area contributed by atoms with E-state index in [1.807, 2.05) is 0 Å². The molecule has 3 rings (SSSR count). The summed E-state index contributed by atoms with van der Waals surface area (Å²) in [4.78, 5) is 15.0. The number of aromatic nitrogens is 2. The topological polar surface area (TPSA) is 89.9 Å². The maximum Gasteiger partial charge on any atom is 0.393 e. The molecule has 0 aliphatic heterocycles. The molecule has 0 atom stereocenters. The highest BCUT2D eigenvalue weighted by molar-refractivity contribution is 7.15. The third-order valence-corrected chi connectivity index (χ3v) is 3.17. The summed E-state index contributed by atoms with van der Waals surface area (Å²) in [5, 5.41) is 22.1. The summed E-state index contributed by atoms with van der Waals surface area (Å²) >= 11 is 1.27. The first-order chi connectivity index (χ1) is 9.15. The number of nitro groups is 1. The number of fused-ring (bicyclic) bond motifs is 1. The van der Waals surface area contributed by atoms with E-state index in [-0.39, 0.29) is 23.2 Å². The number of aromatic hydroxyl groups is 1. The van der Waals surface area contributed by atoms with Gasteiger partial charge in [-0.05, 0) is 17.1 Å². The van der Waals surface area contributed by atoms with Gasteiger partial charge in [0.1, 0.15) is 17.7 Å². The average molecular weight is 277 g/mol. The van der Waals surface area contributed by atoms with Gasteiger partial charge in [-0.3, -0.25) is 0 Å². The fourth-order valence-corrected chi connectivity index (χ4v) is 2.35. The van der Waals surface area contributed by atoms with Crippen molar-refractivity contribution in [1.82, 2.24) is 9.38 Å². The van der Waals surface area contributed by atoms with Crippen LogP contribution in [0.5, 0.6) is 17.4 Å². The minimum atomic E-state index is -0.551. The number of nitrogens with zero attached hydrogens (tertiary/aromatic N) is 3. The van der Waals surface area contributed by atoms with Gasteiger partial charge < -0.3 is 20.0 Å². The highest BCUT2D eigenvalue weighted by atomic mass is 32.1. The number of ether oxygens (including phenoxy) is 1. The van der Waals surface area contributed by atoms with Crippen LogP contribution in [-0.4, -0.2) is 19.4 Å². The van der Waals surface area contributed by atoms with E-state index in [4.69, 9.17) is 4.74 Å². The van der Waals surface area contributed by atoms with Crippen molar-refractivity contribution in [2.45, 2.75) is 0 Å². The van der Waals surface area contributed by atoms with Crippen LogP contribution in [0.25, 0.3) is 4.96 Å². The fraction of sp³-hybridized carbons (Fsp3) is 0. The van der Waals surface area contributed by atoms with Gasteiger partial charge in [0.15, 0.2) is 0 Å².